The fourth-order valence-electron chi connectivity index (χ4n) is 2.23. The molecule has 4 heteroatoms. The van der Waals surface area contributed by atoms with Gasteiger partial charge in [-0.3, -0.25) is 0 Å². The highest BCUT2D eigenvalue weighted by molar-refractivity contribution is 9.10. The standard InChI is InChI=1S/C17H13BrFNO/c1-10-6-7-12(9-14(10)19)17(21)16-13(18)8-11-4-2-3-5-15(11)20-16/h2-9,17,21H,1H3. The van der Waals surface area contributed by atoms with E-state index in [4.69, 9.17) is 0 Å². The normalized spacial score (nSPS) is 12.6. The van der Waals surface area contributed by atoms with Crippen molar-refractivity contribution >= 4 is 26.8 Å². The van der Waals surface area contributed by atoms with Gasteiger partial charge in [0.25, 0.3) is 0 Å². The summed E-state index contributed by atoms with van der Waals surface area (Å²) in [4.78, 5) is 4.48. The maximum absolute atomic E-state index is 13.7. The highest BCUT2D eigenvalue weighted by atomic mass is 79.9. The Kier molecular flexibility index (Phi) is 3.74. The number of aromatic nitrogens is 1. The first kappa shape index (κ1) is 14.2. The van der Waals surface area contributed by atoms with E-state index in [1.54, 1.807) is 19.1 Å². The molecule has 1 unspecified atom stereocenters. The van der Waals surface area contributed by atoms with Crippen molar-refractivity contribution in [1.29, 1.82) is 0 Å². The van der Waals surface area contributed by atoms with Crippen LogP contribution in [0, 0.1) is 12.7 Å². The number of pyridine rings is 1. The summed E-state index contributed by atoms with van der Waals surface area (Å²) < 4.78 is 14.4. The van der Waals surface area contributed by atoms with Crippen LogP contribution >= 0.6 is 15.9 Å². The zero-order valence-electron chi connectivity index (χ0n) is 11.3. The number of aryl methyl sites for hydroxylation is 1. The Morgan fingerprint density at radius 2 is 1.90 bits per heavy atom. The van der Waals surface area contributed by atoms with Crippen LogP contribution in [0.4, 0.5) is 4.39 Å². The lowest BCUT2D eigenvalue weighted by Gasteiger charge is -2.14. The Bertz CT molecular complexity index is 819. The zero-order chi connectivity index (χ0) is 15.0. The Hall–Kier alpha value is -1.78. The van der Waals surface area contributed by atoms with Gasteiger partial charge in [-0.05, 0) is 52.2 Å². The lowest BCUT2D eigenvalue weighted by Crippen LogP contribution is -2.04. The van der Waals surface area contributed by atoms with E-state index in [0.29, 0.717) is 21.3 Å². The fourth-order valence-corrected chi connectivity index (χ4v) is 2.79. The summed E-state index contributed by atoms with van der Waals surface area (Å²) >= 11 is 3.43. The summed E-state index contributed by atoms with van der Waals surface area (Å²) in [6.45, 7) is 1.69. The monoisotopic (exact) mass is 345 g/mol. The van der Waals surface area contributed by atoms with Gasteiger partial charge >= 0.3 is 0 Å². The van der Waals surface area contributed by atoms with Crippen LogP contribution in [-0.2, 0) is 0 Å². The SMILES string of the molecule is Cc1ccc(C(O)c2nc3ccccc3cc2Br)cc1F. The third-order valence-electron chi connectivity index (χ3n) is 3.48. The van der Waals surface area contributed by atoms with E-state index in [0.717, 1.165) is 10.9 Å². The van der Waals surface area contributed by atoms with Gasteiger partial charge in [0.1, 0.15) is 11.9 Å². The van der Waals surface area contributed by atoms with Gasteiger partial charge in [-0.15, -0.1) is 0 Å². The van der Waals surface area contributed by atoms with E-state index in [1.165, 1.54) is 6.07 Å². The number of rotatable bonds is 2. The minimum Gasteiger partial charge on any atom is -0.382 e. The molecule has 1 heterocycles. The summed E-state index contributed by atoms with van der Waals surface area (Å²) in [5.41, 5.74) is 2.32. The first-order chi connectivity index (χ1) is 10.1. The molecule has 2 aromatic carbocycles. The first-order valence-corrected chi connectivity index (χ1v) is 7.35. The fraction of sp³-hybridized carbons (Fsp3) is 0.118. The van der Waals surface area contributed by atoms with Crippen LogP contribution in [0.15, 0.2) is 53.0 Å². The predicted octanol–water partition coefficient (Wildman–Crippen LogP) is 4.53. The molecule has 21 heavy (non-hydrogen) atoms. The van der Waals surface area contributed by atoms with Gasteiger partial charge in [0.15, 0.2) is 0 Å². The minimum absolute atomic E-state index is 0.330. The van der Waals surface area contributed by atoms with Gasteiger partial charge in [0.2, 0.25) is 0 Å². The quantitative estimate of drug-likeness (QED) is 0.740. The predicted molar refractivity (Wildman–Crippen MR) is 84.6 cm³/mol. The molecular weight excluding hydrogens is 333 g/mol. The number of fused-ring (bicyclic) bond motifs is 1. The van der Waals surface area contributed by atoms with Crippen LogP contribution in [0.2, 0.25) is 0 Å². The molecule has 0 amide bonds. The van der Waals surface area contributed by atoms with Crippen molar-refractivity contribution in [2.45, 2.75) is 13.0 Å². The van der Waals surface area contributed by atoms with Crippen molar-refractivity contribution in [3.05, 3.63) is 75.6 Å². The first-order valence-electron chi connectivity index (χ1n) is 6.55. The molecule has 1 atom stereocenters. The molecule has 3 rings (SSSR count). The third kappa shape index (κ3) is 2.69. The van der Waals surface area contributed by atoms with Crippen molar-refractivity contribution in [2.75, 3.05) is 0 Å². The molecule has 0 aliphatic rings. The molecule has 0 aliphatic carbocycles. The van der Waals surface area contributed by atoms with Gasteiger partial charge in [-0.2, -0.15) is 0 Å². The number of nitrogens with zero attached hydrogens (tertiary/aromatic N) is 1. The van der Waals surface area contributed by atoms with E-state index in [2.05, 4.69) is 20.9 Å². The molecule has 0 saturated carbocycles. The number of aliphatic hydroxyl groups excluding tert-OH is 1. The molecule has 1 N–H and O–H groups in total. The molecule has 0 aliphatic heterocycles. The van der Waals surface area contributed by atoms with Crippen molar-refractivity contribution in [3.8, 4) is 0 Å². The van der Waals surface area contributed by atoms with Gasteiger partial charge < -0.3 is 5.11 Å². The van der Waals surface area contributed by atoms with Crippen molar-refractivity contribution in [1.82, 2.24) is 4.98 Å². The molecule has 106 valence electrons. The molecule has 3 aromatic rings. The smallest absolute Gasteiger partial charge is 0.126 e. The summed E-state index contributed by atoms with van der Waals surface area (Å²) in [5, 5.41) is 11.5. The van der Waals surface area contributed by atoms with E-state index in [-0.39, 0.29) is 5.82 Å². The second-order valence-corrected chi connectivity index (χ2v) is 5.81. The third-order valence-corrected chi connectivity index (χ3v) is 4.11. The largest absolute Gasteiger partial charge is 0.382 e. The highest BCUT2D eigenvalue weighted by Gasteiger charge is 2.17. The number of halogens is 2. The summed E-state index contributed by atoms with van der Waals surface area (Å²) in [5.74, 6) is -0.330. The Labute approximate surface area is 130 Å². The maximum atomic E-state index is 13.7. The van der Waals surface area contributed by atoms with Gasteiger partial charge in [0, 0.05) is 9.86 Å². The molecule has 0 radical (unpaired) electrons. The Morgan fingerprint density at radius 1 is 1.14 bits per heavy atom. The maximum Gasteiger partial charge on any atom is 0.126 e. The van der Waals surface area contributed by atoms with Gasteiger partial charge in [-0.1, -0.05) is 30.3 Å². The zero-order valence-corrected chi connectivity index (χ0v) is 12.9. The van der Waals surface area contributed by atoms with E-state index >= 15 is 0 Å². The molecular formula is C17H13BrFNO. The molecule has 0 spiro atoms. The van der Waals surface area contributed by atoms with Crippen LogP contribution in [-0.4, -0.2) is 10.1 Å². The molecule has 0 saturated heterocycles. The van der Waals surface area contributed by atoms with E-state index in [9.17, 15) is 9.50 Å². The average molecular weight is 346 g/mol. The topological polar surface area (TPSA) is 33.1 Å². The highest BCUT2D eigenvalue weighted by Crippen LogP contribution is 2.30. The van der Waals surface area contributed by atoms with Crippen LogP contribution in [0.25, 0.3) is 10.9 Å². The van der Waals surface area contributed by atoms with Crippen molar-refractivity contribution in [3.63, 3.8) is 0 Å². The molecule has 1 aromatic heterocycles. The summed E-state index contributed by atoms with van der Waals surface area (Å²) in [6, 6.07) is 14.3. The van der Waals surface area contributed by atoms with Gasteiger partial charge in [0.05, 0.1) is 11.2 Å². The summed E-state index contributed by atoms with van der Waals surface area (Å²) in [7, 11) is 0. The molecule has 2 nitrogen and oxygen atoms in total. The number of benzene rings is 2. The average Bonchev–Trinajstić information content (AvgIpc) is 2.48. The van der Waals surface area contributed by atoms with E-state index in [1.807, 2.05) is 30.3 Å². The number of para-hydroxylation sites is 1. The van der Waals surface area contributed by atoms with Crippen LogP contribution in [0.1, 0.15) is 22.9 Å². The summed E-state index contributed by atoms with van der Waals surface area (Å²) in [6.07, 6.45) is -0.973. The van der Waals surface area contributed by atoms with E-state index < -0.39 is 6.10 Å². The van der Waals surface area contributed by atoms with Crippen molar-refractivity contribution in [2.24, 2.45) is 0 Å². The van der Waals surface area contributed by atoms with Crippen LogP contribution < -0.4 is 0 Å². The Morgan fingerprint density at radius 3 is 2.67 bits per heavy atom. The lowest BCUT2D eigenvalue weighted by molar-refractivity contribution is 0.214. The number of hydrogen-bond acceptors (Lipinski definition) is 2. The minimum atomic E-state index is -0.973. The van der Waals surface area contributed by atoms with Crippen LogP contribution in [0.3, 0.4) is 0 Å². The molecule has 0 bridgehead atoms. The second-order valence-electron chi connectivity index (χ2n) is 4.96. The van der Waals surface area contributed by atoms with Crippen LogP contribution in [0.5, 0.6) is 0 Å². The second kappa shape index (κ2) is 5.54. The lowest BCUT2D eigenvalue weighted by atomic mass is 10.0. The van der Waals surface area contributed by atoms with Gasteiger partial charge in [-0.25, -0.2) is 9.37 Å². The van der Waals surface area contributed by atoms with Crippen molar-refractivity contribution < 1.29 is 9.50 Å². The number of aliphatic hydroxyl groups is 1. The Balaban J connectivity index is 2.10. The molecule has 0 fully saturated rings. The number of hydrogen-bond donors (Lipinski definition) is 1.